The highest BCUT2D eigenvalue weighted by atomic mass is 35.5. The summed E-state index contributed by atoms with van der Waals surface area (Å²) in [5, 5.41) is 0.563. The zero-order chi connectivity index (χ0) is 23.8. The van der Waals surface area contributed by atoms with Crippen LogP contribution in [0, 0.1) is 0 Å². The van der Waals surface area contributed by atoms with E-state index in [4.69, 9.17) is 28.9 Å². The van der Waals surface area contributed by atoms with E-state index < -0.39 is 5.91 Å². The molecule has 2 N–H and O–H groups in total. The number of fused-ring (bicyclic) bond motifs is 3. The van der Waals surface area contributed by atoms with E-state index in [9.17, 15) is 9.59 Å². The van der Waals surface area contributed by atoms with Crippen LogP contribution in [-0.4, -0.2) is 28.3 Å². The van der Waals surface area contributed by atoms with Gasteiger partial charge in [-0.1, -0.05) is 53.5 Å². The molecule has 0 bridgehead atoms. The van der Waals surface area contributed by atoms with Crippen molar-refractivity contribution in [2.45, 2.75) is 6.42 Å². The summed E-state index contributed by atoms with van der Waals surface area (Å²) in [5.74, 6) is -0.791. The van der Waals surface area contributed by atoms with Crippen molar-refractivity contribution in [2.75, 3.05) is 11.4 Å². The summed E-state index contributed by atoms with van der Waals surface area (Å²) in [6, 6.07) is 17.9. The molecule has 4 aromatic rings. The quantitative estimate of drug-likeness (QED) is 0.416. The van der Waals surface area contributed by atoms with Crippen molar-refractivity contribution in [3.63, 3.8) is 0 Å². The topological polar surface area (TPSA) is 89.2 Å². The first-order chi connectivity index (χ1) is 16.4. The molecule has 0 fully saturated rings. The molecule has 5 rings (SSSR count). The molecule has 2 heterocycles. The van der Waals surface area contributed by atoms with Crippen LogP contribution in [0.3, 0.4) is 0 Å². The zero-order valence-corrected chi connectivity index (χ0v) is 19.3. The number of nitrogens with two attached hydrogens (primary N) is 1. The number of anilines is 1. The van der Waals surface area contributed by atoms with Gasteiger partial charge in [0, 0.05) is 34.5 Å². The zero-order valence-electron chi connectivity index (χ0n) is 17.8. The van der Waals surface area contributed by atoms with Crippen LogP contribution in [0.5, 0.6) is 0 Å². The Kier molecular flexibility index (Phi) is 5.77. The molecule has 0 saturated heterocycles. The molecule has 2 amide bonds. The monoisotopic (exact) mass is 488 g/mol. The number of halogens is 2. The lowest BCUT2D eigenvalue weighted by molar-refractivity contribution is 0.0983. The third-order valence-electron chi connectivity index (χ3n) is 5.83. The van der Waals surface area contributed by atoms with Crippen LogP contribution in [0.2, 0.25) is 10.0 Å². The maximum absolute atomic E-state index is 13.6. The van der Waals surface area contributed by atoms with Gasteiger partial charge in [-0.05, 0) is 47.9 Å². The van der Waals surface area contributed by atoms with E-state index in [1.807, 2.05) is 24.3 Å². The number of nitrogens with zero attached hydrogens (tertiary/aromatic N) is 3. The summed E-state index contributed by atoms with van der Waals surface area (Å²) < 4.78 is 0. The van der Waals surface area contributed by atoms with Gasteiger partial charge < -0.3 is 10.6 Å². The number of primary amides is 1. The number of hydrogen-bond donors (Lipinski definition) is 1. The minimum absolute atomic E-state index is 0.130. The summed E-state index contributed by atoms with van der Waals surface area (Å²) in [5.41, 5.74) is 10.9. The molecule has 0 spiro atoms. The van der Waals surface area contributed by atoms with Crippen molar-refractivity contribution in [3.8, 4) is 22.4 Å². The van der Waals surface area contributed by atoms with E-state index in [-0.39, 0.29) is 16.5 Å². The molecule has 0 unspecified atom stereocenters. The van der Waals surface area contributed by atoms with Crippen LogP contribution in [0.25, 0.3) is 22.4 Å². The molecular formula is C26H18Cl2N4O2. The number of aromatic nitrogens is 2. The first kappa shape index (κ1) is 22.1. The molecule has 34 heavy (non-hydrogen) atoms. The molecule has 3 aromatic carbocycles. The second-order valence-electron chi connectivity index (χ2n) is 7.88. The highest BCUT2D eigenvalue weighted by molar-refractivity contribution is 6.38. The highest BCUT2D eigenvalue weighted by Gasteiger charge is 2.26. The first-order valence-corrected chi connectivity index (χ1v) is 11.3. The lowest BCUT2D eigenvalue weighted by Crippen LogP contribution is -2.32. The predicted molar refractivity (Wildman–Crippen MR) is 133 cm³/mol. The van der Waals surface area contributed by atoms with Crippen LogP contribution in [-0.2, 0) is 6.42 Å². The van der Waals surface area contributed by atoms with Gasteiger partial charge in [0.2, 0.25) is 5.91 Å². The third kappa shape index (κ3) is 3.91. The van der Waals surface area contributed by atoms with Gasteiger partial charge in [0.25, 0.3) is 5.91 Å². The van der Waals surface area contributed by atoms with Crippen molar-refractivity contribution in [3.05, 3.63) is 99.9 Å². The van der Waals surface area contributed by atoms with Crippen LogP contribution in [0.1, 0.15) is 26.3 Å². The molecule has 6 nitrogen and oxygen atoms in total. The van der Waals surface area contributed by atoms with Crippen LogP contribution in [0.15, 0.2) is 73.2 Å². The smallest absolute Gasteiger partial charge is 0.258 e. The summed E-state index contributed by atoms with van der Waals surface area (Å²) in [6.07, 6.45) is 3.97. The molecule has 8 heteroatoms. The van der Waals surface area contributed by atoms with Gasteiger partial charge in [-0.25, -0.2) is 9.97 Å². The summed E-state index contributed by atoms with van der Waals surface area (Å²) in [4.78, 5) is 35.6. The van der Waals surface area contributed by atoms with Crippen LogP contribution < -0.4 is 10.6 Å². The van der Waals surface area contributed by atoms with Gasteiger partial charge in [0.1, 0.15) is 6.33 Å². The molecule has 0 atom stereocenters. The number of hydrogen-bond acceptors (Lipinski definition) is 4. The van der Waals surface area contributed by atoms with Gasteiger partial charge in [0.05, 0.1) is 22.0 Å². The minimum Gasteiger partial charge on any atom is -0.366 e. The maximum Gasteiger partial charge on any atom is 0.258 e. The van der Waals surface area contributed by atoms with Crippen LogP contribution in [0.4, 0.5) is 5.69 Å². The summed E-state index contributed by atoms with van der Waals surface area (Å²) in [6.45, 7) is 0.500. The number of rotatable bonds is 3. The minimum atomic E-state index is -0.661. The number of carbonyl (C=O) groups excluding carboxylic acids is 2. The van der Waals surface area contributed by atoms with E-state index >= 15 is 0 Å². The largest absolute Gasteiger partial charge is 0.366 e. The first-order valence-electron chi connectivity index (χ1n) is 10.5. The van der Waals surface area contributed by atoms with E-state index in [1.54, 1.807) is 41.4 Å². The molecule has 1 aliphatic rings. The molecule has 168 valence electrons. The number of amides is 2. The van der Waals surface area contributed by atoms with Gasteiger partial charge in [-0.15, -0.1) is 0 Å². The molecule has 1 aliphatic heterocycles. The number of para-hydroxylation sites is 1. The van der Waals surface area contributed by atoms with Crippen molar-refractivity contribution >= 4 is 40.7 Å². The van der Waals surface area contributed by atoms with Crippen molar-refractivity contribution in [2.24, 2.45) is 5.73 Å². The van der Waals surface area contributed by atoms with Gasteiger partial charge in [-0.2, -0.15) is 0 Å². The van der Waals surface area contributed by atoms with Gasteiger partial charge in [0.15, 0.2) is 0 Å². The second kappa shape index (κ2) is 8.89. The average molecular weight is 489 g/mol. The average Bonchev–Trinajstić information content (AvgIpc) is 3.02. The fourth-order valence-electron chi connectivity index (χ4n) is 4.18. The molecule has 0 saturated carbocycles. The highest BCUT2D eigenvalue weighted by Crippen LogP contribution is 2.36. The summed E-state index contributed by atoms with van der Waals surface area (Å²) >= 11 is 12.6. The van der Waals surface area contributed by atoms with Crippen LogP contribution >= 0.6 is 23.2 Å². The SMILES string of the molecule is NC(=O)c1cc(Cl)cc(-c2ccc(C(=O)N3CCc4cncnc4-c4ccccc43)cc2)c1Cl. The lowest BCUT2D eigenvalue weighted by atomic mass is 10.0. The second-order valence-corrected chi connectivity index (χ2v) is 8.69. The molecule has 0 radical (unpaired) electrons. The Bertz CT molecular complexity index is 1440. The van der Waals surface area contributed by atoms with Crippen molar-refractivity contribution in [1.29, 1.82) is 0 Å². The molecule has 1 aromatic heterocycles. The van der Waals surface area contributed by atoms with E-state index in [2.05, 4.69) is 9.97 Å². The van der Waals surface area contributed by atoms with Crippen molar-refractivity contribution in [1.82, 2.24) is 9.97 Å². The normalized spacial score (nSPS) is 12.5. The standard InChI is InChI=1S/C26H18Cl2N4O2/c27-18-11-20(23(28)21(12-18)25(29)33)15-5-7-16(8-6-15)26(34)32-10-9-17-13-30-14-31-24(17)19-3-1-2-4-22(19)32/h1-8,11-14H,9-10H2,(H2,29,33). The Labute approximate surface area is 206 Å². The molecular weight excluding hydrogens is 471 g/mol. The van der Waals surface area contributed by atoms with E-state index in [1.165, 1.54) is 12.4 Å². The predicted octanol–water partition coefficient (Wildman–Crippen LogP) is 5.42. The maximum atomic E-state index is 13.6. The van der Waals surface area contributed by atoms with Crippen molar-refractivity contribution < 1.29 is 9.59 Å². The third-order valence-corrected chi connectivity index (χ3v) is 6.46. The Morgan fingerprint density at radius 1 is 0.971 bits per heavy atom. The fraction of sp³-hybridized carbons (Fsp3) is 0.0769. The Morgan fingerprint density at radius 2 is 1.74 bits per heavy atom. The number of benzene rings is 3. The molecule has 0 aliphatic carbocycles. The van der Waals surface area contributed by atoms with E-state index in [0.29, 0.717) is 34.7 Å². The number of carbonyl (C=O) groups is 2. The Balaban J connectivity index is 1.50. The van der Waals surface area contributed by atoms with E-state index in [0.717, 1.165) is 22.5 Å². The Morgan fingerprint density at radius 3 is 2.50 bits per heavy atom. The van der Waals surface area contributed by atoms with Gasteiger partial charge in [-0.3, -0.25) is 9.59 Å². The fourth-order valence-corrected chi connectivity index (χ4v) is 4.71. The Hall–Kier alpha value is -3.74. The summed E-state index contributed by atoms with van der Waals surface area (Å²) in [7, 11) is 0. The van der Waals surface area contributed by atoms with Gasteiger partial charge >= 0.3 is 0 Å². The lowest BCUT2D eigenvalue weighted by Gasteiger charge is -2.23.